The van der Waals surface area contributed by atoms with E-state index in [4.69, 9.17) is 9.47 Å². The van der Waals surface area contributed by atoms with Gasteiger partial charge in [0.15, 0.2) is 0 Å². The number of aliphatic hydroxyl groups is 1. The third kappa shape index (κ3) is 4.39. The summed E-state index contributed by atoms with van der Waals surface area (Å²) in [5.74, 6) is 0.477. The van der Waals surface area contributed by atoms with Crippen LogP contribution >= 0.6 is 0 Å². The summed E-state index contributed by atoms with van der Waals surface area (Å²) in [6.07, 6.45) is -0.542. The van der Waals surface area contributed by atoms with E-state index in [1.54, 1.807) is 50.5 Å². The van der Waals surface area contributed by atoms with Crippen molar-refractivity contribution in [3.8, 4) is 5.75 Å². The summed E-state index contributed by atoms with van der Waals surface area (Å²) in [6.45, 7) is -0.227. The third-order valence-corrected chi connectivity index (χ3v) is 7.10. The van der Waals surface area contributed by atoms with Gasteiger partial charge in [-0.1, -0.05) is 18.2 Å². The molecule has 0 unspecified atom stereocenters. The summed E-state index contributed by atoms with van der Waals surface area (Å²) in [6, 6.07) is 13.3. The predicted octanol–water partition coefficient (Wildman–Crippen LogP) is 1.96. The SMILES string of the molecule is CN(C)C(=O)C[C@H]1C[C@@H]2c3cc(NS(=O)(=O)c4ccccc4)ccc3O[C@@H]2[C@H](CO)O1. The van der Waals surface area contributed by atoms with Crippen LogP contribution in [0.25, 0.3) is 0 Å². The molecule has 0 spiro atoms. The van der Waals surface area contributed by atoms with Crippen molar-refractivity contribution in [2.24, 2.45) is 0 Å². The average Bonchev–Trinajstić information content (AvgIpc) is 3.11. The minimum absolute atomic E-state index is 0.0522. The Labute approximate surface area is 181 Å². The van der Waals surface area contributed by atoms with Crippen LogP contribution in [0.5, 0.6) is 5.75 Å². The number of carbonyl (C=O) groups excluding carboxylic acids is 1. The topological polar surface area (TPSA) is 105 Å². The van der Waals surface area contributed by atoms with Gasteiger partial charge in [-0.2, -0.15) is 0 Å². The van der Waals surface area contributed by atoms with Crippen molar-refractivity contribution < 1.29 is 27.8 Å². The number of nitrogens with zero attached hydrogens (tertiary/aromatic N) is 1. The van der Waals surface area contributed by atoms with Crippen LogP contribution in [0.4, 0.5) is 5.69 Å². The number of benzene rings is 2. The Kier molecular flexibility index (Phi) is 5.92. The Balaban J connectivity index is 1.58. The zero-order valence-electron chi connectivity index (χ0n) is 17.4. The highest BCUT2D eigenvalue weighted by Gasteiger charge is 2.46. The Hall–Kier alpha value is -2.62. The van der Waals surface area contributed by atoms with Gasteiger partial charge in [-0.05, 0) is 36.8 Å². The summed E-state index contributed by atoms with van der Waals surface area (Å²) in [5, 5.41) is 9.82. The predicted molar refractivity (Wildman–Crippen MR) is 115 cm³/mol. The zero-order chi connectivity index (χ0) is 22.2. The van der Waals surface area contributed by atoms with E-state index in [-0.39, 0.29) is 42.0 Å². The van der Waals surface area contributed by atoms with E-state index in [2.05, 4.69) is 4.72 Å². The van der Waals surface area contributed by atoms with E-state index >= 15 is 0 Å². The molecule has 0 aromatic heterocycles. The van der Waals surface area contributed by atoms with Crippen LogP contribution in [0.1, 0.15) is 24.3 Å². The maximum atomic E-state index is 12.7. The first-order valence-electron chi connectivity index (χ1n) is 10.1. The minimum Gasteiger partial charge on any atom is -0.487 e. The highest BCUT2D eigenvalue weighted by molar-refractivity contribution is 7.92. The van der Waals surface area contributed by atoms with Gasteiger partial charge in [0.25, 0.3) is 10.0 Å². The molecule has 2 heterocycles. The second-order valence-electron chi connectivity index (χ2n) is 8.07. The number of anilines is 1. The van der Waals surface area contributed by atoms with E-state index < -0.39 is 16.1 Å². The lowest BCUT2D eigenvalue weighted by atomic mass is 9.84. The molecule has 0 radical (unpaired) electrons. The lowest BCUT2D eigenvalue weighted by Crippen LogP contribution is -2.47. The largest absolute Gasteiger partial charge is 0.487 e. The molecule has 1 fully saturated rings. The van der Waals surface area contributed by atoms with Gasteiger partial charge >= 0.3 is 0 Å². The summed E-state index contributed by atoms with van der Waals surface area (Å²) in [7, 11) is -0.335. The maximum Gasteiger partial charge on any atom is 0.261 e. The number of carbonyl (C=O) groups is 1. The molecule has 8 nitrogen and oxygen atoms in total. The van der Waals surface area contributed by atoms with Crippen molar-refractivity contribution in [2.75, 3.05) is 25.4 Å². The van der Waals surface area contributed by atoms with Gasteiger partial charge in [0.05, 0.1) is 24.0 Å². The van der Waals surface area contributed by atoms with Gasteiger partial charge in [0.2, 0.25) is 5.91 Å². The van der Waals surface area contributed by atoms with Crippen molar-refractivity contribution in [3.05, 3.63) is 54.1 Å². The number of aliphatic hydroxyl groups excluding tert-OH is 1. The second-order valence-corrected chi connectivity index (χ2v) is 9.75. The highest BCUT2D eigenvalue weighted by Crippen LogP contribution is 2.47. The first-order valence-corrected chi connectivity index (χ1v) is 11.6. The van der Waals surface area contributed by atoms with Crippen LogP contribution in [0.15, 0.2) is 53.4 Å². The molecule has 0 aliphatic carbocycles. The summed E-state index contributed by atoms with van der Waals surface area (Å²) >= 11 is 0. The first kappa shape index (κ1) is 21.6. The fourth-order valence-corrected chi connectivity index (χ4v) is 5.21. The molecule has 31 heavy (non-hydrogen) atoms. The molecule has 4 atom stereocenters. The molecular weight excluding hydrogens is 420 g/mol. The number of rotatable bonds is 6. The second kappa shape index (κ2) is 8.49. The Morgan fingerprint density at radius 2 is 1.94 bits per heavy atom. The third-order valence-electron chi connectivity index (χ3n) is 5.71. The fraction of sp³-hybridized carbons (Fsp3) is 0.409. The van der Waals surface area contributed by atoms with Gasteiger partial charge in [0.1, 0.15) is 18.0 Å². The number of amides is 1. The van der Waals surface area contributed by atoms with Crippen LogP contribution in [-0.2, 0) is 19.6 Å². The van der Waals surface area contributed by atoms with Crippen LogP contribution in [-0.4, -0.2) is 63.3 Å². The molecule has 2 aromatic rings. The van der Waals surface area contributed by atoms with Crippen molar-refractivity contribution in [2.45, 2.75) is 42.0 Å². The summed E-state index contributed by atoms with van der Waals surface area (Å²) in [4.78, 5) is 13.9. The van der Waals surface area contributed by atoms with Gasteiger partial charge in [0, 0.05) is 31.3 Å². The first-order chi connectivity index (χ1) is 14.8. The molecule has 4 rings (SSSR count). The maximum absolute atomic E-state index is 12.7. The molecular formula is C22H26N2O6S. The van der Waals surface area contributed by atoms with Crippen molar-refractivity contribution in [1.82, 2.24) is 4.90 Å². The number of hydrogen-bond donors (Lipinski definition) is 2. The number of nitrogens with one attached hydrogen (secondary N) is 1. The highest BCUT2D eigenvalue weighted by atomic mass is 32.2. The molecule has 1 amide bonds. The van der Waals surface area contributed by atoms with Gasteiger partial charge in [-0.15, -0.1) is 0 Å². The monoisotopic (exact) mass is 446 g/mol. The van der Waals surface area contributed by atoms with E-state index in [0.29, 0.717) is 17.9 Å². The van der Waals surface area contributed by atoms with E-state index in [0.717, 1.165) is 5.56 Å². The van der Waals surface area contributed by atoms with Crippen LogP contribution in [0.3, 0.4) is 0 Å². The molecule has 2 aliphatic rings. The van der Waals surface area contributed by atoms with Crippen molar-refractivity contribution in [3.63, 3.8) is 0 Å². The Morgan fingerprint density at radius 1 is 1.19 bits per heavy atom. The zero-order valence-corrected chi connectivity index (χ0v) is 18.2. The molecule has 0 saturated carbocycles. The van der Waals surface area contributed by atoms with E-state index in [1.807, 2.05) is 0 Å². The van der Waals surface area contributed by atoms with Gasteiger partial charge in [-0.3, -0.25) is 9.52 Å². The Morgan fingerprint density at radius 3 is 2.61 bits per heavy atom. The smallest absolute Gasteiger partial charge is 0.261 e. The lowest BCUT2D eigenvalue weighted by molar-refractivity contribution is -0.147. The standard InChI is InChI=1S/C22H26N2O6S/c1-24(2)21(26)12-15-11-18-17-10-14(23-31(27,28)16-6-4-3-5-7-16)8-9-19(17)30-22(18)20(13-25)29-15/h3-10,15,18,20,22-23,25H,11-13H2,1-2H3/t15-,18-,20+,22+/m1/s1. The van der Waals surface area contributed by atoms with Crippen LogP contribution < -0.4 is 9.46 Å². The fourth-order valence-electron chi connectivity index (χ4n) is 4.14. The molecule has 2 aromatic carbocycles. The van der Waals surface area contributed by atoms with Crippen molar-refractivity contribution in [1.29, 1.82) is 0 Å². The Bertz CT molecular complexity index is 1060. The lowest BCUT2D eigenvalue weighted by Gasteiger charge is -2.37. The number of fused-ring (bicyclic) bond motifs is 3. The molecule has 9 heteroatoms. The number of hydrogen-bond acceptors (Lipinski definition) is 6. The van der Waals surface area contributed by atoms with Gasteiger partial charge in [-0.25, -0.2) is 8.42 Å². The van der Waals surface area contributed by atoms with Crippen LogP contribution in [0.2, 0.25) is 0 Å². The van der Waals surface area contributed by atoms with E-state index in [9.17, 15) is 18.3 Å². The molecule has 166 valence electrons. The normalized spacial score (nSPS) is 24.6. The minimum atomic E-state index is -3.72. The molecule has 2 N–H and O–H groups in total. The van der Waals surface area contributed by atoms with Crippen molar-refractivity contribution >= 4 is 21.6 Å². The quantitative estimate of drug-likeness (QED) is 0.703. The van der Waals surface area contributed by atoms with E-state index in [1.165, 1.54) is 17.0 Å². The number of sulfonamides is 1. The molecule has 2 aliphatic heterocycles. The number of ether oxygens (including phenoxy) is 2. The van der Waals surface area contributed by atoms with Crippen LogP contribution in [0, 0.1) is 0 Å². The van der Waals surface area contributed by atoms with Gasteiger partial charge < -0.3 is 19.5 Å². The summed E-state index contributed by atoms with van der Waals surface area (Å²) < 4.78 is 39.9. The average molecular weight is 447 g/mol. The molecule has 1 saturated heterocycles. The molecule has 0 bridgehead atoms. The summed E-state index contributed by atoms with van der Waals surface area (Å²) in [5.41, 5.74) is 1.28.